The van der Waals surface area contributed by atoms with Gasteiger partial charge in [0, 0.05) is 56.5 Å². The first-order valence-corrected chi connectivity index (χ1v) is 18.4. The van der Waals surface area contributed by atoms with Crippen LogP contribution in [-0.2, 0) is 42.6 Å². The van der Waals surface area contributed by atoms with Crippen molar-refractivity contribution in [3.8, 4) is 23.0 Å². The topological polar surface area (TPSA) is 169 Å². The molecule has 3 aliphatic heterocycles. The molecule has 0 spiro atoms. The van der Waals surface area contributed by atoms with E-state index < -0.39 is 50.5 Å². The Hall–Kier alpha value is -4.80. The lowest BCUT2D eigenvalue weighted by Crippen LogP contribution is -2.61. The molecule has 276 valence electrons. The second-order valence-electron chi connectivity index (χ2n) is 13.3. The molecule has 4 atom stereocenters. The number of allylic oxidation sites excluding steroid dienone is 3. The number of phenols is 1. The molecule has 2 fully saturated rings. The summed E-state index contributed by atoms with van der Waals surface area (Å²) >= 11 is 17.8. The zero-order valence-electron chi connectivity index (χ0n) is 28.5. The summed E-state index contributed by atoms with van der Waals surface area (Å²) in [5.74, 6) is -1.16. The van der Waals surface area contributed by atoms with Crippen LogP contribution >= 0.6 is 39.1 Å². The number of ether oxygens (including phenoxy) is 3. The Morgan fingerprint density at radius 2 is 1.77 bits per heavy atom. The highest BCUT2D eigenvalue weighted by Gasteiger charge is 2.75. The number of hydrogen-bond donors (Lipinski definition) is 1. The normalized spacial score (nSPS) is 24.5. The van der Waals surface area contributed by atoms with Crippen molar-refractivity contribution < 1.29 is 28.9 Å². The molecular formula is C35H31BrCl2N6O9. The number of aromatic hydroxyl groups is 1. The molecule has 2 aromatic heterocycles. The van der Waals surface area contributed by atoms with Crippen LogP contribution in [0.15, 0.2) is 68.2 Å². The third-order valence-electron chi connectivity index (χ3n) is 10.7. The first-order valence-electron chi connectivity index (χ1n) is 16.5. The summed E-state index contributed by atoms with van der Waals surface area (Å²) < 4.78 is 21.6. The monoisotopic (exact) mass is 828 g/mol. The van der Waals surface area contributed by atoms with Crippen LogP contribution in [0.3, 0.4) is 0 Å². The molecule has 1 saturated carbocycles. The molecule has 0 bridgehead atoms. The summed E-state index contributed by atoms with van der Waals surface area (Å²) in [6.07, 6.45) is 3.04. The van der Waals surface area contributed by atoms with E-state index in [2.05, 4.69) is 20.9 Å². The first kappa shape index (κ1) is 35.2. The number of rotatable bonds is 7. The van der Waals surface area contributed by atoms with Crippen molar-refractivity contribution >= 4 is 62.0 Å². The molecule has 18 heteroatoms. The van der Waals surface area contributed by atoms with Crippen molar-refractivity contribution in [2.45, 2.75) is 48.1 Å². The van der Waals surface area contributed by atoms with E-state index in [4.69, 9.17) is 37.4 Å². The zero-order valence-corrected chi connectivity index (χ0v) is 31.6. The Balaban J connectivity index is 1.20. The predicted octanol–water partition coefficient (Wildman–Crippen LogP) is 2.72. The summed E-state index contributed by atoms with van der Waals surface area (Å²) in [5, 5.41) is 10.2. The van der Waals surface area contributed by atoms with Crippen molar-refractivity contribution in [1.29, 1.82) is 0 Å². The highest BCUT2D eigenvalue weighted by atomic mass is 79.9. The smallest absolute Gasteiger partial charge is 0.347 e. The lowest BCUT2D eigenvalue weighted by Gasteiger charge is -2.49. The van der Waals surface area contributed by atoms with Gasteiger partial charge in [0.05, 0.1) is 49.6 Å². The van der Waals surface area contributed by atoms with Gasteiger partial charge in [0.15, 0.2) is 21.2 Å². The van der Waals surface area contributed by atoms with Crippen molar-refractivity contribution in [1.82, 2.24) is 28.4 Å². The average Bonchev–Trinajstić information content (AvgIpc) is 3.48. The number of imide groups is 1. The fourth-order valence-corrected chi connectivity index (χ4v) is 9.57. The maximum atomic E-state index is 14.3. The van der Waals surface area contributed by atoms with Gasteiger partial charge in [0.25, 0.3) is 17.4 Å². The van der Waals surface area contributed by atoms with Crippen molar-refractivity contribution in [2.24, 2.45) is 13.0 Å². The molecule has 1 saturated heterocycles. The van der Waals surface area contributed by atoms with Crippen LogP contribution in [0.1, 0.15) is 23.7 Å². The Morgan fingerprint density at radius 3 is 2.49 bits per heavy atom. The van der Waals surface area contributed by atoms with E-state index in [0.29, 0.717) is 45.0 Å². The number of carbonyl (C=O) groups is 2. The minimum absolute atomic E-state index is 0.00507. The molecule has 0 radical (unpaired) electrons. The van der Waals surface area contributed by atoms with Gasteiger partial charge >= 0.3 is 11.4 Å². The average molecular weight is 830 g/mol. The fourth-order valence-electron chi connectivity index (χ4n) is 8.16. The zero-order chi connectivity index (χ0) is 37.7. The number of alkyl halides is 3. The molecule has 0 unspecified atom stereocenters. The maximum absolute atomic E-state index is 14.3. The summed E-state index contributed by atoms with van der Waals surface area (Å²) in [5.41, 5.74) is 0.771. The molecule has 1 aliphatic carbocycles. The van der Waals surface area contributed by atoms with Crippen molar-refractivity contribution in [3.63, 3.8) is 0 Å². The third-order valence-corrected chi connectivity index (χ3v) is 12.6. The summed E-state index contributed by atoms with van der Waals surface area (Å²) in [7, 11) is 4.56. The predicted molar refractivity (Wildman–Crippen MR) is 195 cm³/mol. The number of methoxy groups -OCH3 is 2. The fraction of sp³-hybridized carbons (Fsp3) is 0.371. The standard InChI is InChI=1S/C35H31BrCl2N6O9/c1-40-23-13-27(52-3)26(51-2)12-22(23)39-21(29(40)46)7-8-41-32(49)43-9-6-20-24(44(43)33(41)50)14-34(37)30(47)42(16-36)31(48)35(34,38)28(20)18-10-17-11-19(45)4-5-25(17)53-15-18/h4-6,11-13,15,24,28,45H,7-10,14,16H2,1-3H3/t24-,28+,34-,35+/m1/s1. The van der Waals surface area contributed by atoms with E-state index in [-0.39, 0.29) is 49.2 Å². The van der Waals surface area contributed by atoms with Gasteiger partial charge in [-0.2, -0.15) is 0 Å². The van der Waals surface area contributed by atoms with E-state index in [9.17, 15) is 29.1 Å². The largest absolute Gasteiger partial charge is 0.508 e. The molecule has 2 amide bonds. The first-order chi connectivity index (χ1) is 25.3. The minimum Gasteiger partial charge on any atom is -0.508 e. The van der Waals surface area contributed by atoms with Crippen molar-refractivity contribution in [2.75, 3.05) is 19.7 Å². The number of aryl methyl sites for hydroxylation is 2. The number of aromatic nitrogens is 5. The van der Waals surface area contributed by atoms with Gasteiger partial charge < -0.3 is 23.9 Å². The second kappa shape index (κ2) is 12.4. The van der Waals surface area contributed by atoms with E-state index in [1.54, 1.807) is 31.3 Å². The Morgan fingerprint density at radius 1 is 1.04 bits per heavy atom. The summed E-state index contributed by atoms with van der Waals surface area (Å²) in [6, 6.07) is 6.94. The molecule has 4 aromatic rings. The second-order valence-corrected chi connectivity index (χ2v) is 15.1. The highest BCUT2D eigenvalue weighted by molar-refractivity contribution is 9.09. The number of nitrogens with zero attached hydrogens (tertiary/aromatic N) is 6. The van der Waals surface area contributed by atoms with Gasteiger partial charge in [-0.25, -0.2) is 28.5 Å². The number of halogens is 3. The van der Waals surface area contributed by atoms with E-state index in [1.165, 1.54) is 46.5 Å². The molecule has 2 aromatic carbocycles. The molecule has 5 heterocycles. The van der Waals surface area contributed by atoms with Gasteiger partial charge in [-0.05, 0) is 29.3 Å². The quantitative estimate of drug-likeness (QED) is 0.127. The van der Waals surface area contributed by atoms with Crippen LogP contribution in [0.25, 0.3) is 11.0 Å². The molecule has 53 heavy (non-hydrogen) atoms. The molecule has 8 rings (SSSR count). The number of phenolic OH excluding ortho intramolecular Hbond substituents is 1. The molecular weight excluding hydrogens is 799 g/mol. The Labute approximate surface area is 318 Å². The van der Waals surface area contributed by atoms with Gasteiger partial charge in [-0.3, -0.25) is 19.3 Å². The van der Waals surface area contributed by atoms with Gasteiger partial charge in [0.2, 0.25) is 0 Å². The van der Waals surface area contributed by atoms with Crippen LogP contribution in [0, 0.1) is 5.92 Å². The third kappa shape index (κ3) is 4.84. The summed E-state index contributed by atoms with van der Waals surface area (Å²) in [4.78, 5) is 71.0. The number of benzene rings is 2. The van der Waals surface area contributed by atoms with E-state index >= 15 is 0 Å². The minimum atomic E-state index is -2.03. The lowest BCUT2D eigenvalue weighted by atomic mass is 9.63. The van der Waals surface area contributed by atoms with Gasteiger partial charge in [-0.1, -0.05) is 22.0 Å². The van der Waals surface area contributed by atoms with Crippen LogP contribution in [0.5, 0.6) is 23.0 Å². The molecule has 4 aliphatic rings. The number of carbonyl (C=O) groups excluding carboxylic acids is 2. The lowest BCUT2D eigenvalue weighted by molar-refractivity contribution is -0.138. The summed E-state index contributed by atoms with van der Waals surface area (Å²) in [6.45, 7) is -0.240. The van der Waals surface area contributed by atoms with E-state index in [1.807, 2.05) is 0 Å². The number of likely N-dealkylation sites (tertiary alicyclic amines) is 1. The highest BCUT2D eigenvalue weighted by Crippen LogP contribution is 2.62. The van der Waals surface area contributed by atoms with Gasteiger partial charge in [-0.15, -0.1) is 23.2 Å². The Kier molecular flexibility index (Phi) is 8.23. The van der Waals surface area contributed by atoms with Crippen LogP contribution in [0.2, 0.25) is 0 Å². The van der Waals surface area contributed by atoms with E-state index in [0.717, 1.165) is 9.47 Å². The van der Waals surface area contributed by atoms with Crippen LogP contribution in [-0.4, -0.2) is 74.7 Å². The molecule has 1 N–H and O–H groups in total. The van der Waals surface area contributed by atoms with Crippen LogP contribution in [0.4, 0.5) is 0 Å². The maximum Gasteiger partial charge on any atom is 0.347 e. The Bertz CT molecular complexity index is 2540. The van der Waals surface area contributed by atoms with Gasteiger partial charge in [0.1, 0.15) is 17.2 Å². The van der Waals surface area contributed by atoms with Crippen molar-refractivity contribution in [3.05, 3.63) is 96.4 Å². The van der Waals surface area contributed by atoms with Crippen LogP contribution < -0.4 is 31.1 Å². The number of amides is 2. The SMILES string of the molecule is COc1cc2nc(CCn3c(=O)n4n(c3=O)[C@@H]3C[C@@]5(Cl)C(=O)N(CBr)C(=O)[C@@]5(Cl)[C@@H](C5=COc6ccc(O)cc6C5)C3=CC4)c(=O)n(C)c2cc1OC. The number of hydrogen-bond acceptors (Lipinski definition) is 10. The number of fused-ring (bicyclic) bond motifs is 6. The molecule has 15 nitrogen and oxygen atoms in total.